The molecule has 14 atom stereocenters. The molecule has 1 aromatic heterocycles. The molecule has 121 heavy (non-hydrogen) atoms. The van der Waals surface area contributed by atoms with Crippen LogP contribution in [0, 0.1) is 17.8 Å². The Morgan fingerprint density at radius 3 is 1.25 bits per heavy atom. The van der Waals surface area contributed by atoms with Crippen molar-refractivity contribution in [2.75, 3.05) is 25.4 Å². The maximum absolute atomic E-state index is 14.6. The van der Waals surface area contributed by atoms with E-state index in [1.54, 1.807) is 13.8 Å². The van der Waals surface area contributed by atoms with Gasteiger partial charge in [-0.25, -0.2) is 14.6 Å². The minimum absolute atomic E-state index is 0.0613. The zero-order chi connectivity index (χ0) is 92.3. The van der Waals surface area contributed by atoms with Gasteiger partial charge in [0.05, 0.1) is 37.9 Å². The number of nitrogens with two attached hydrogens (primary N) is 4. The van der Waals surface area contributed by atoms with E-state index in [4.69, 9.17) is 32.8 Å². The van der Waals surface area contributed by atoms with Crippen LogP contribution in [0.3, 0.4) is 0 Å². The molecule has 0 bridgehead atoms. The summed E-state index contributed by atoms with van der Waals surface area (Å²) in [6.07, 6.45) is -8.72. The van der Waals surface area contributed by atoms with Gasteiger partial charge in [-0.2, -0.15) is 25.8 Å². The number of hydrogen-bond donors (Lipinski definition) is 26. The Balaban J connectivity index is 0.00000997. The number of carbonyl (C=O) groups excluding carboxylic acids is 14. The maximum atomic E-state index is 14.6. The van der Waals surface area contributed by atoms with E-state index in [-0.39, 0.29) is 80.3 Å². The number of benzene rings is 1. The number of phenolic OH excluding ortho intramolecular Hbond substituents is 1. The van der Waals surface area contributed by atoms with Crippen molar-refractivity contribution in [2.24, 2.45) is 40.7 Å². The highest BCUT2D eigenvalue weighted by Gasteiger charge is 2.41. The fraction of sp³-hybridized carbons (Fsp3) is 0.611. The first-order valence-electron chi connectivity index (χ1n) is 38.0. The topological polar surface area (TPSA) is 755 Å². The lowest BCUT2D eigenvalue weighted by atomic mass is 9.98. The molecule has 0 spiro atoms. The second-order valence-electron chi connectivity index (χ2n) is 28.9. The van der Waals surface area contributed by atoms with Gasteiger partial charge in [0.15, 0.2) is 0 Å². The molecule has 2 rings (SSSR count). The van der Waals surface area contributed by atoms with Crippen LogP contribution >= 0.6 is 12.6 Å². The van der Waals surface area contributed by atoms with Crippen molar-refractivity contribution >= 4 is 125 Å². The molecule has 14 amide bonds. The lowest BCUT2D eigenvalue weighted by Crippen LogP contribution is -2.63. The number of imidazole rings is 1. The molecule has 0 aliphatic rings. The normalized spacial score (nSPS) is 14.7. The number of halogens is 3. The number of unbranched alkanes of at least 4 members (excludes halogenated alkanes) is 2. The average Bonchev–Trinajstić information content (AvgIpc) is 1.40. The van der Waals surface area contributed by atoms with Crippen molar-refractivity contribution in [3.05, 3.63) is 48.0 Å². The first-order chi connectivity index (χ1) is 56.5. The lowest BCUT2D eigenvalue weighted by molar-refractivity contribution is -0.192. The number of hydrogen-bond acceptors (Lipinski definition) is 26. The molecule has 678 valence electrons. The molecule has 0 saturated heterocycles. The minimum atomic E-state index is -5.08. The van der Waals surface area contributed by atoms with E-state index in [1.165, 1.54) is 64.5 Å². The summed E-state index contributed by atoms with van der Waals surface area (Å²) in [7, 11) is 0. The minimum Gasteiger partial charge on any atom is -0.508 e. The summed E-state index contributed by atoms with van der Waals surface area (Å²) in [4.78, 5) is 257. The highest BCUT2D eigenvalue weighted by Crippen LogP contribution is 2.17. The Bertz CT molecular complexity index is 3840. The number of carboxylic acid groups (broad SMARTS) is 5. The molecule has 0 aliphatic carbocycles. The van der Waals surface area contributed by atoms with Crippen LogP contribution in [0.15, 0.2) is 36.8 Å². The summed E-state index contributed by atoms with van der Waals surface area (Å²) >= 11 is 3.92. The number of alkyl halides is 3. The van der Waals surface area contributed by atoms with Gasteiger partial charge in [0.25, 0.3) is 0 Å². The number of amides is 14. The zero-order valence-electron chi connectivity index (χ0n) is 67.4. The Labute approximate surface area is 697 Å². The first kappa shape index (κ1) is 107. The maximum Gasteiger partial charge on any atom is 0.490 e. The van der Waals surface area contributed by atoms with Crippen LogP contribution in [0.2, 0.25) is 0 Å². The molecule has 0 unspecified atom stereocenters. The smallest absolute Gasteiger partial charge is 0.490 e. The molecule has 49 heteroatoms. The Kier molecular flexibility index (Phi) is 48.1. The van der Waals surface area contributed by atoms with Gasteiger partial charge in [0.2, 0.25) is 82.7 Å². The summed E-state index contributed by atoms with van der Waals surface area (Å²) < 4.78 is 31.7. The molecular formula is C72H112F3N19O26S. The Morgan fingerprint density at radius 2 is 0.851 bits per heavy atom. The van der Waals surface area contributed by atoms with Gasteiger partial charge in [-0.05, 0) is 113 Å². The van der Waals surface area contributed by atoms with Gasteiger partial charge in [-0.15, -0.1) is 0 Å². The van der Waals surface area contributed by atoms with Crippen molar-refractivity contribution in [1.29, 1.82) is 0 Å². The number of nitrogens with zero attached hydrogens (tertiary/aromatic N) is 1. The molecule has 29 N–H and O–H groups in total. The number of aliphatic carboxylic acids is 5. The Hall–Kier alpha value is -11.9. The number of aromatic amines is 1. The van der Waals surface area contributed by atoms with Crippen LogP contribution in [0.4, 0.5) is 13.2 Å². The lowest BCUT2D eigenvalue weighted by Gasteiger charge is -2.30. The van der Waals surface area contributed by atoms with E-state index in [2.05, 4.69) is 91.7 Å². The predicted octanol–water partition coefficient (Wildman–Crippen LogP) is -6.11. The number of thiol groups is 1. The van der Waals surface area contributed by atoms with Crippen molar-refractivity contribution in [3.8, 4) is 5.75 Å². The number of carboxylic acids is 5. The molecular weight excluding hydrogens is 1640 g/mol. The molecule has 0 fully saturated rings. The number of aromatic hydroxyl groups is 1. The largest absolute Gasteiger partial charge is 0.508 e. The summed E-state index contributed by atoms with van der Waals surface area (Å²) in [5, 5.41) is 97.1. The summed E-state index contributed by atoms with van der Waals surface area (Å²) in [6, 6.07) is -16.2. The molecule has 0 radical (unpaired) electrons. The van der Waals surface area contributed by atoms with Crippen LogP contribution in [-0.4, -0.2) is 274 Å². The van der Waals surface area contributed by atoms with Gasteiger partial charge in [0.1, 0.15) is 78.3 Å². The predicted molar refractivity (Wildman–Crippen MR) is 420 cm³/mol. The van der Waals surface area contributed by atoms with E-state index >= 15 is 0 Å². The monoisotopic (exact) mass is 1750 g/mol. The van der Waals surface area contributed by atoms with Gasteiger partial charge < -0.3 is 133 Å². The van der Waals surface area contributed by atoms with E-state index in [0.717, 1.165) is 6.92 Å². The SMILES string of the molecule is CC(C)C[C@H](N)C(=O)N[C@@H](CCC(=O)O)C(=O)N[C@@H](CCC(=O)O)C(=O)N[C@@H](CCCCN)C(=O)N[C@@H](CCCCN)C(=O)NCC(=O)N[C@@H](CC(N)=O)C(=O)N[C@@H](Cc1ccc(O)cc1)C(=O)N[C@H](C(=O)N[C@H](C(=O)N[C@H](C(=O)N[C@@H](CC(=O)O)C(=O)N[C@@H](Cc1cnc[nH]1)C(=O)N[C@@H](CS)C(=O)O)[C@@H](C)O)C(C)C)C(C)C.O=C(O)C(F)(F)F. The number of aliphatic hydroxyl groups excluding tert-OH is 1. The second-order valence-corrected chi connectivity index (χ2v) is 29.3. The summed E-state index contributed by atoms with van der Waals surface area (Å²) in [5.41, 5.74) is 23.5. The molecule has 1 heterocycles. The van der Waals surface area contributed by atoms with E-state index in [1.807, 2.05) is 0 Å². The third kappa shape index (κ3) is 42.1. The Morgan fingerprint density at radius 1 is 0.471 bits per heavy atom. The number of rotatable bonds is 55. The first-order valence-corrected chi connectivity index (χ1v) is 38.7. The van der Waals surface area contributed by atoms with Crippen LogP contribution in [0.5, 0.6) is 5.75 Å². The van der Waals surface area contributed by atoms with E-state index in [0.29, 0.717) is 12.8 Å². The van der Waals surface area contributed by atoms with Gasteiger partial charge in [0, 0.05) is 43.3 Å². The molecule has 1 aromatic carbocycles. The molecule has 45 nitrogen and oxygen atoms in total. The van der Waals surface area contributed by atoms with E-state index in [9.17, 15) is 130 Å². The van der Waals surface area contributed by atoms with Crippen LogP contribution in [0.1, 0.15) is 143 Å². The quantitative estimate of drug-likeness (QED) is 0.0216. The number of primary amides is 1. The van der Waals surface area contributed by atoms with Gasteiger partial charge >= 0.3 is 36.0 Å². The summed E-state index contributed by atoms with van der Waals surface area (Å²) in [6.45, 7) is 9.78. The number of aromatic nitrogens is 2. The zero-order valence-corrected chi connectivity index (χ0v) is 68.3. The number of carbonyl (C=O) groups is 19. The third-order valence-corrected chi connectivity index (χ3v) is 17.9. The van der Waals surface area contributed by atoms with E-state index < -0.39 is 267 Å². The van der Waals surface area contributed by atoms with Crippen molar-refractivity contribution in [3.63, 3.8) is 0 Å². The second kappa shape index (κ2) is 54.3. The van der Waals surface area contributed by atoms with Crippen molar-refractivity contribution < 1.29 is 140 Å². The number of nitrogens with one attached hydrogen (secondary N) is 14. The summed E-state index contributed by atoms with van der Waals surface area (Å²) in [5.74, 6) is -26.5. The van der Waals surface area contributed by atoms with Crippen LogP contribution in [-0.2, 0) is 104 Å². The number of aliphatic hydroxyl groups is 1. The standard InChI is InChI=1S/C70H111N19O24S.C2HF3O2/c1-33(2)24-40(73)58(100)79-43(18-20-52(94)95)61(103)82-44(19-21-53(96)97)62(104)81-42(13-9-11-23-72)60(102)80-41(12-8-10-22-71)59(101)76-30-51(93)78-47(27-50(74)92)64(106)83-45(25-37-14-16-39(91)17-15-37)66(108)87-55(34(3)4)67(109)88-56(35(5)6)68(110)89-57(36(7)90)69(111)85-48(28-54(98)99)65(107)84-46(26-38-29-75-32-77-38)63(105)86-49(31-114)70(112)113;3-2(4,5)1(6)7/h14-17,29,32-36,40-49,55-57,90-91,114H,8-13,18-28,30-31,71-73H2,1-7H3,(H2,74,92)(H,75,77)(H,76,101)(H,78,93)(H,79,100)(H,80,102)(H,81,104)(H,82,103)(H,83,106)(H,84,107)(H,85,111)(H,86,105)(H,87,108)(H,88,109)(H,89,110)(H,94,95)(H,96,97)(H,98,99)(H,112,113);(H,6,7)/t36-,40+,41+,42+,43+,44+,45+,46+,47+,48+,49+,55+,56+,57+;/m1./s1. The van der Waals surface area contributed by atoms with Gasteiger partial charge in [-0.3, -0.25) is 81.5 Å². The highest BCUT2D eigenvalue weighted by atomic mass is 32.1. The molecule has 0 saturated carbocycles. The van der Waals surface area contributed by atoms with Crippen molar-refractivity contribution in [1.82, 2.24) is 79.1 Å². The van der Waals surface area contributed by atoms with Crippen LogP contribution < -0.4 is 92.1 Å². The van der Waals surface area contributed by atoms with Gasteiger partial charge in [-0.1, -0.05) is 53.7 Å². The third-order valence-electron chi connectivity index (χ3n) is 17.5. The average molecular weight is 1750 g/mol. The molecule has 0 aliphatic heterocycles. The van der Waals surface area contributed by atoms with Crippen molar-refractivity contribution in [2.45, 2.75) is 236 Å². The number of H-pyrrole nitrogens is 1. The number of phenols is 1. The highest BCUT2D eigenvalue weighted by molar-refractivity contribution is 7.80. The fourth-order valence-electron chi connectivity index (χ4n) is 11.0. The van der Waals surface area contributed by atoms with Crippen LogP contribution in [0.25, 0.3) is 0 Å². The fourth-order valence-corrected chi connectivity index (χ4v) is 11.3. The molecule has 2 aromatic rings.